The predicted octanol–water partition coefficient (Wildman–Crippen LogP) is 8.91. The summed E-state index contributed by atoms with van der Waals surface area (Å²) in [5.74, 6) is 2.81. The predicted molar refractivity (Wildman–Crippen MR) is 142 cm³/mol. The van der Waals surface area contributed by atoms with Gasteiger partial charge in [-0.1, -0.05) is 58.4 Å². The highest BCUT2D eigenvalue weighted by Gasteiger charge is 2.68. The summed E-state index contributed by atoms with van der Waals surface area (Å²) in [5.41, 5.74) is 4.17. The summed E-state index contributed by atoms with van der Waals surface area (Å²) >= 11 is 0. The maximum Gasteiger partial charge on any atom is 0.302 e. The summed E-state index contributed by atoms with van der Waals surface area (Å²) < 4.78 is 5.89. The molecule has 0 unspecified atom stereocenters. The van der Waals surface area contributed by atoms with E-state index < -0.39 is 0 Å². The third-order valence-corrected chi connectivity index (χ3v) is 12.2. The molecule has 2 heteroatoms. The first-order valence-electron chi connectivity index (χ1n) is 14.3. The van der Waals surface area contributed by atoms with Gasteiger partial charge in [0.1, 0.15) is 6.10 Å². The summed E-state index contributed by atoms with van der Waals surface area (Å²) in [6, 6.07) is 0. The van der Waals surface area contributed by atoms with Crippen LogP contribution in [0.4, 0.5) is 0 Å². The maximum absolute atomic E-state index is 11.8. The molecule has 0 aromatic heterocycles. The average molecular weight is 469 g/mol. The fourth-order valence-corrected chi connectivity index (χ4v) is 10.4. The van der Waals surface area contributed by atoms with E-state index in [1.165, 1.54) is 56.1 Å². The molecule has 0 heterocycles. The quantitative estimate of drug-likeness (QED) is 0.297. The first kappa shape index (κ1) is 26.0. The van der Waals surface area contributed by atoms with Crippen LogP contribution in [0.5, 0.6) is 0 Å². The summed E-state index contributed by atoms with van der Waals surface area (Å²) in [4.78, 5) is 11.8. The normalized spacial score (nSPS) is 44.9. The lowest BCUT2D eigenvalue weighted by molar-refractivity contribution is -0.226. The number of hydrogen-bond acceptors (Lipinski definition) is 2. The van der Waals surface area contributed by atoms with Gasteiger partial charge in [-0.05, 0) is 118 Å². The van der Waals surface area contributed by atoms with Gasteiger partial charge in [-0.2, -0.15) is 0 Å². The Morgan fingerprint density at radius 2 is 1.56 bits per heavy atom. The van der Waals surface area contributed by atoms with Crippen LogP contribution in [0.25, 0.3) is 0 Å². The highest BCUT2D eigenvalue weighted by molar-refractivity contribution is 5.66. The van der Waals surface area contributed by atoms with Gasteiger partial charge in [0, 0.05) is 12.3 Å². The molecule has 192 valence electrons. The fourth-order valence-electron chi connectivity index (χ4n) is 10.4. The van der Waals surface area contributed by atoms with Crippen molar-refractivity contribution in [2.24, 2.45) is 45.3 Å². The molecule has 0 aliphatic heterocycles. The Morgan fingerprint density at radius 1 is 0.882 bits per heavy atom. The lowest BCUT2D eigenvalue weighted by Gasteiger charge is -2.70. The summed E-state index contributed by atoms with van der Waals surface area (Å²) in [7, 11) is 0. The second kappa shape index (κ2) is 8.81. The van der Waals surface area contributed by atoms with Gasteiger partial charge in [0.25, 0.3) is 0 Å². The van der Waals surface area contributed by atoms with Crippen LogP contribution in [0.1, 0.15) is 120 Å². The van der Waals surface area contributed by atoms with E-state index >= 15 is 0 Å². The van der Waals surface area contributed by atoms with Gasteiger partial charge in [0.15, 0.2) is 0 Å². The lowest BCUT2D eigenvalue weighted by Crippen LogP contribution is -2.64. The monoisotopic (exact) mass is 468 g/mol. The van der Waals surface area contributed by atoms with Crippen LogP contribution in [0.3, 0.4) is 0 Å². The van der Waals surface area contributed by atoms with Crippen molar-refractivity contribution < 1.29 is 9.53 Å². The van der Waals surface area contributed by atoms with Crippen molar-refractivity contribution in [2.75, 3.05) is 0 Å². The molecule has 4 fully saturated rings. The van der Waals surface area contributed by atoms with Crippen LogP contribution >= 0.6 is 0 Å². The highest BCUT2D eigenvalue weighted by atomic mass is 16.5. The SMILES string of the molecule is C=C(CCC=C(C)C)[C@H]1CC[C@@]2(C)[C@H]1CC[C@H]1[C@@]3(C)CC[C@H](OC(C)=O)C(C)(C)[C@@H]3CC[C@]12C. The minimum atomic E-state index is -0.114. The van der Waals surface area contributed by atoms with Crippen molar-refractivity contribution in [3.8, 4) is 0 Å². The Balaban J connectivity index is 1.57. The van der Waals surface area contributed by atoms with Gasteiger partial charge in [0.05, 0.1) is 0 Å². The van der Waals surface area contributed by atoms with Crippen molar-refractivity contribution in [2.45, 2.75) is 126 Å². The molecule has 2 nitrogen and oxygen atoms in total. The standard InChI is InChI=1S/C32H52O2/c1-21(2)11-10-12-22(3)24-15-19-31(8)25(24)13-14-27-30(7)18-17-28(34-23(4)33)29(5,6)26(30)16-20-32(27,31)9/h11,24-28H,3,10,12-20H2,1-2,4-9H3/t24-,25+,26+,27+,28+,30+,31+,32-/m1/s1. The molecule has 0 saturated heterocycles. The Morgan fingerprint density at radius 3 is 2.21 bits per heavy atom. The molecule has 0 spiro atoms. The fraction of sp³-hybridized carbons (Fsp3) is 0.844. The van der Waals surface area contributed by atoms with Gasteiger partial charge in [0.2, 0.25) is 0 Å². The van der Waals surface area contributed by atoms with E-state index in [2.05, 4.69) is 61.1 Å². The smallest absolute Gasteiger partial charge is 0.302 e. The van der Waals surface area contributed by atoms with Crippen LogP contribution < -0.4 is 0 Å². The van der Waals surface area contributed by atoms with Crippen molar-refractivity contribution in [3.63, 3.8) is 0 Å². The largest absolute Gasteiger partial charge is 0.462 e. The summed E-state index contributed by atoms with van der Waals surface area (Å²) in [6.45, 7) is 23.4. The first-order valence-corrected chi connectivity index (χ1v) is 14.3. The molecule has 0 N–H and O–H groups in total. The van der Waals surface area contributed by atoms with Crippen LogP contribution in [0.15, 0.2) is 23.8 Å². The molecule has 0 aromatic rings. The van der Waals surface area contributed by atoms with E-state index in [0.29, 0.717) is 22.2 Å². The van der Waals surface area contributed by atoms with E-state index in [4.69, 9.17) is 4.74 Å². The molecule has 4 aliphatic rings. The number of esters is 1. The zero-order valence-electron chi connectivity index (χ0n) is 23.6. The van der Waals surface area contributed by atoms with Crippen molar-refractivity contribution in [1.82, 2.24) is 0 Å². The Labute approximate surface area is 210 Å². The summed E-state index contributed by atoms with van der Waals surface area (Å²) in [5, 5.41) is 0. The molecule has 8 atom stereocenters. The molecule has 4 saturated carbocycles. The first-order chi connectivity index (χ1) is 15.8. The molecule has 0 bridgehead atoms. The molecule has 4 rings (SSSR count). The van der Waals surface area contributed by atoms with Gasteiger partial charge in [-0.15, -0.1) is 0 Å². The Hall–Kier alpha value is -1.05. The summed E-state index contributed by atoms with van der Waals surface area (Å²) in [6.07, 6.45) is 15.1. The molecule has 0 aromatic carbocycles. The lowest BCUT2D eigenvalue weighted by atomic mass is 9.35. The van der Waals surface area contributed by atoms with E-state index in [9.17, 15) is 4.79 Å². The van der Waals surface area contributed by atoms with Gasteiger partial charge >= 0.3 is 5.97 Å². The molecule has 0 amide bonds. The van der Waals surface area contributed by atoms with Crippen molar-refractivity contribution >= 4 is 5.97 Å². The number of fused-ring (bicyclic) bond motifs is 5. The minimum absolute atomic E-state index is 0.0508. The second-order valence-corrected chi connectivity index (χ2v) is 14.3. The van der Waals surface area contributed by atoms with Crippen LogP contribution in [-0.4, -0.2) is 12.1 Å². The Kier molecular flexibility index (Phi) is 6.74. The van der Waals surface area contributed by atoms with E-state index in [0.717, 1.165) is 37.0 Å². The molecule has 34 heavy (non-hydrogen) atoms. The van der Waals surface area contributed by atoms with Crippen LogP contribution in [0, 0.1) is 45.3 Å². The topological polar surface area (TPSA) is 26.3 Å². The number of allylic oxidation sites excluding steroid dienone is 3. The van der Waals surface area contributed by atoms with Gasteiger partial charge in [-0.25, -0.2) is 0 Å². The third-order valence-electron chi connectivity index (χ3n) is 12.2. The van der Waals surface area contributed by atoms with E-state index in [-0.39, 0.29) is 17.5 Å². The second-order valence-electron chi connectivity index (χ2n) is 14.3. The Bertz CT molecular complexity index is 847. The molecule has 0 radical (unpaired) electrons. The van der Waals surface area contributed by atoms with Gasteiger partial charge in [-0.3, -0.25) is 4.79 Å². The minimum Gasteiger partial charge on any atom is -0.462 e. The van der Waals surface area contributed by atoms with Crippen molar-refractivity contribution in [3.05, 3.63) is 23.8 Å². The highest BCUT2D eigenvalue weighted by Crippen LogP contribution is 2.75. The third kappa shape index (κ3) is 3.85. The van der Waals surface area contributed by atoms with E-state index in [1.54, 1.807) is 6.92 Å². The van der Waals surface area contributed by atoms with Crippen LogP contribution in [-0.2, 0) is 9.53 Å². The number of ether oxygens (including phenoxy) is 1. The average Bonchev–Trinajstić information content (AvgIpc) is 3.08. The zero-order valence-corrected chi connectivity index (χ0v) is 23.6. The molecular weight excluding hydrogens is 416 g/mol. The van der Waals surface area contributed by atoms with Gasteiger partial charge < -0.3 is 4.74 Å². The van der Waals surface area contributed by atoms with Crippen molar-refractivity contribution in [1.29, 1.82) is 0 Å². The number of carbonyl (C=O) groups excluding carboxylic acids is 1. The number of rotatable bonds is 5. The zero-order chi connectivity index (χ0) is 25.1. The van der Waals surface area contributed by atoms with Crippen LogP contribution in [0.2, 0.25) is 0 Å². The number of carbonyl (C=O) groups is 1. The van der Waals surface area contributed by atoms with E-state index in [1.807, 2.05) is 0 Å². The number of hydrogen-bond donors (Lipinski definition) is 0. The molecule has 4 aliphatic carbocycles. The maximum atomic E-state index is 11.8. The molecular formula is C32H52O2.